The van der Waals surface area contributed by atoms with E-state index in [0.29, 0.717) is 10.6 Å². The minimum atomic E-state index is -2.90. The second-order valence-electron chi connectivity index (χ2n) is 4.54. The first kappa shape index (κ1) is 16.9. The minimum Gasteiger partial charge on any atom is -0.435 e. The Hall–Kier alpha value is -2.48. The molecule has 2 N–H and O–H groups in total. The van der Waals surface area contributed by atoms with E-state index in [1.807, 2.05) is 13.0 Å². The van der Waals surface area contributed by atoms with Crippen LogP contribution in [0.1, 0.15) is 14.5 Å². The van der Waals surface area contributed by atoms with E-state index in [1.54, 1.807) is 6.07 Å². The molecule has 0 spiro atoms. The highest BCUT2D eigenvalue weighted by Crippen LogP contribution is 2.17. The number of benzene rings is 1. The number of aryl methyl sites for hydroxylation is 1. The van der Waals surface area contributed by atoms with Gasteiger partial charge in [0.1, 0.15) is 5.75 Å². The highest BCUT2D eigenvalue weighted by Gasteiger charge is 2.10. The molecule has 2 aromatic rings. The van der Waals surface area contributed by atoms with Crippen LogP contribution in [0.2, 0.25) is 0 Å². The lowest BCUT2D eigenvalue weighted by Gasteiger charge is -2.08. The number of halogens is 2. The third-order valence-corrected chi connectivity index (χ3v) is 3.74. The summed E-state index contributed by atoms with van der Waals surface area (Å²) in [6.07, 6.45) is 0. The van der Waals surface area contributed by atoms with Gasteiger partial charge in [-0.15, -0.1) is 11.3 Å². The van der Waals surface area contributed by atoms with Crippen molar-refractivity contribution < 1.29 is 23.1 Å². The molecule has 0 aliphatic heterocycles. The van der Waals surface area contributed by atoms with Gasteiger partial charge in [0.2, 0.25) is 5.91 Å². The van der Waals surface area contributed by atoms with E-state index in [9.17, 15) is 18.4 Å². The van der Waals surface area contributed by atoms with Crippen molar-refractivity contribution >= 4 is 28.8 Å². The maximum Gasteiger partial charge on any atom is 0.387 e. The van der Waals surface area contributed by atoms with Crippen molar-refractivity contribution in [3.05, 3.63) is 46.2 Å². The van der Waals surface area contributed by atoms with Gasteiger partial charge in [0.15, 0.2) is 0 Å². The van der Waals surface area contributed by atoms with Gasteiger partial charge < -0.3 is 15.4 Å². The van der Waals surface area contributed by atoms with Crippen molar-refractivity contribution in [3.63, 3.8) is 0 Å². The molecule has 0 aliphatic carbocycles. The normalized spacial score (nSPS) is 10.4. The van der Waals surface area contributed by atoms with Crippen LogP contribution in [0, 0.1) is 6.92 Å². The first-order valence-electron chi connectivity index (χ1n) is 6.63. The van der Waals surface area contributed by atoms with Crippen LogP contribution in [0.5, 0.6) is 5.75 Å². The van der Waals surface area contributed by atoms with E-state index in [4.69, 9.17) is 0 Å². The average Bonchev–Trinajstić information content (AvgIpc) is 2.93. The third-order valence-electron chi connectivity index (χ3n) is 2.74. The van der Waals surface area contributed by atoms with Crippen molar-refractivity contribution in [2.45, 2.75) is 13.5 Å². The fourth-order valence-corrected chi connectivity index (χ4v) is 2.51. The van der Waals surface area contributed by atoms with Gasteiger partial charge in [-0.1, -0.05) is 0 Å². The summed E-state index contributed by atoms with van der Waals surface area (Å²) in [6, 6.07) is 9.00. The fourth-order valence-electron chi connectivity index (χ4n) is 1.73. The summed E-state index contributed by atoms with van der Waals surface area (Å²) >= 11 is 1.34. The maximum atomic E-state index is 12.0. The molecule has 23 heavy (non-hydrogen) atoms. The lowest BCUT2D eigenvalue weighted by atomic mass is 10.3. The van der Waals surface area contributed by atoms with Gasteiger partial charge >= 0.3 is 6.61 Å². The minimum absolute atomic E-state index is 0.000586. The Morgan fingerprint density at radius 1 is 1.17 bits per heavy atom. The number of ether oxygens (including phenoxy) is 1. The van der Waals surface area contributed by atoms with Gasteiger partial charge in [0, 0.05) is 10.6 Å². The number of rotatable bonds is 6. The zero-order valence-electron chi connectivity index (χ0n) is 12.1. The molecule has 1 aromatic heterocycles. The van der Waals surface area contributed by atoms with Crippen LogP contribution in [0.15, 0.2) is 36.4 Å². The lowest BCUT2D eigenvalue weighted by molar-refractivity contribution is -0.115. The van der Waals surface area contributed by atoms with Gasteiger partial charge in [-0.05, 0) is 43.3 Å². The molecule has 0 aliphatic rings. The Balaban J connectivity index is 1.81. The zero-order chi connectivity index (χ0) is 16.8. The molecular weight excluding hydrogens is 326 g/mol. The van der Waals surface area contributed by atoms with Gasteiger partial charge in [0.05, 0.1) is 11.4 Å². The van der Waals surface area contributed by atoms with Gasteiger partial charge in [-0.25, -0.2) is 0 Å². The Morgan fingerprint density at radius 3 is 2.43 bits per heavy atom. The quantitative estimate of drug-likeness (QED) is 0.849. The van der Waals surface area contributed by atoms with Crippen molar-refractivity contribution in [1.82, 2.24) is 5.32 Å². The van der Waals surface area contributed by atoms with Crippen molar-refractivity contribution in [2.75, 3.05) is 11.9 Å². The van der Waals surface area contributed by atoms with Crippen LogP contribution in [0.25, 0.3) is 0 Å². The number of thiophene rings is 1. The fraction of sp³-hybridized carbons (Fsp3) is 0.200. The predicted octanol–water partition coefficient (Wildman–Crippen LogP) is 3.03. The Morgan fingerprint density at radius 2 is 1.87 bits per heavy atom. The molecular formula is C15H14F2N2O3S. The third kappa shape index (κ3) is 5.33. The SMILES string of the molecule is Cc1ccc(C(=O)NCC(=O)Nc2ccc(OC(F)F)cc2)s1. The van der Waals surface area contributed by atoms with E-state index < -0.39 is 12.5 Å². The van der Waals surface area contributed by atoms with Crippen LogP contribution in [0.3, 0.4) is 0 Å². The molecule has 1 heterocycles. The number of anilines is 1. The molecule has 0 atom stereocenters. The number of hydrogen-bond acceptors (Lipinski definition) is 4. The van der Waals surface area contributed by atoms with Gasteiger partial charge in [-0.2, -0.15) is 8.78 Å². The topological polar surface area (TPSA) is 67.4 Å². The van der Waals surface area contributed by atoms with Gasteiger partial charge in [0.25, 0.3) is 5.91 Å². The first-order chi connectivity index (χ1) is 10.9. The maximum absolute atomic E-state index is 12.0. The molecule has 0 bridgehead atoms. The smallest absolute Gasteiger partial charge is 0.387 e. The van der Waals surface area contributed by atoms with Crippen LogP contribution >= 0.6 is 11.3 Å². The first-order valence-corrected chi connectivity index (χ1v) is 7.45. The van der Waals surface area contributed by atoms with Crippen molar-refractivity contribution in [2.24, 2.45) is 0 Å². The van der Waals surface area contributed by atoms with Crippen molar-refractivity contribution in [3.8, 4) is 5.75 Å². The highest BCUT2D eigenvalue weighted by molar-refractivity contribution is 7.13. The number of alkyl halides is 2. The van der Waals surface area contributed by atoms with Crippen LogP contribution in [-0.2, 0) is 4.79 Å². The summed E-state index contributed by atoms with van der Waals surface area (Å²) in [5.74, 6) is -0.743. The molecule has 1 aromatic carbocycles. The molecule has 0 unspecified atom stereocenters. The van der Waals surface area contributed by atoms with E-state index in [2.05, 4.69) is 15.4 Å². The Labute approximate surface area is 135 Å². The molecule has 2 rings (SSSR count). The monoisotopic (exact) mass is 340 g/mol. The second-order valence-corrected chi connectivity index (χ2v) is 5.83. The standard InChI is InChI=1S/C15H14F2N2O3S/c1-9-2-7-12(23-9)14(21)18-8-13(20)19-10-3-5-11(6-4-10)22-15(16)17/h2-7,15H,8H2,1H3,(H,18,21)(H,19,20). The van der Waals surface area contributed by atoms with Crippen LogP contribution in [0.4, 0.5) is 14.5 Å². The highest BCUT2D eigenvalue weighted by atomic mass is 32.1. The van der Waals surface area contributed by atoms with Gasteiger partial charge in [-0.3, -0.25) is 9.59 Å². The number of amides is 2. The zero-order valence-corrected chi connectivity index (χ0v) is 13.0. The molecule has 5 nitrogen and oxygen atoms in total. The number of carbonyl (C=O) groups excluding carboxylic acids is 2. The summed E-state index contributed by atoms with van der Waals surface area (Å²) in [4.78, 5) is 25.1. The van der Waals surface area contributed by atoms with Crippen LogP contribution in [-0.4, -0.2) is 25.0 Å². The summed E-state index contributed by atoms with van der Waals surface area (Å²) in [5.41, 5.74) is 0.415. The second kappa shape index (κ2) is 7.68. The molecule has 0 fully saturated rings. The van der Waals surface area contributed by atoms with Crippen molar-refractivity contribution in [1.29, 1.82) is 0 Å². The van der Waals surface area contributed by atoms with E-state index in [1.165, 1.54) is 35.6 Å². The van der Waals surface area contributed by atoms with E-state index >= 15 is 0 Å². The molecule has 0 radical (unpaired) electrons. The number of hydrogen-bond donors (Lipinski definition) is 2. The molecule has 2 amide bonds. The molecule has 8 heteroatoms. The summed E-state index contributed by atoms with van der Waals surface area (Å²) in [5, 5.41) is 5.05. The molecule has 0 saturated carbocycles. The van der Waals surface area contributed by atoms with E-state index in [-0.39, 0.29) is 18.2 Å². The number of nitrogens with one attached hydrogen (secondary N) is 2. The summed E-state index contributed by atoms with van der Waals surface area (Å²) in [7, 11) is 0. The van der Waals surface area contributed by atoms with E-state index in [0.717, 1.165) is 4.88 Å². The predicted molar refractivity (Wildman–Crippen MR) is 83.1 cm³/mol. The molecule has 122 valence electrons. The molecule has 0 saturated heterocycles. The summed E-state index contributed by atoms with van der Waals surface area (Å²) < 4.78 is 28.2. The Kier molecular flexibility index (Phi) is 5.64. The Bertz CT molecular complexity index is 686. The number of carbonyl (C=O) groups is 2. The lowest BCUT2D eigenvalue weighted by Crippen LogP contribution is -2.32. The average molecular weight is 340 g/mol. The largest absolute Gasteiger partial charge is 0.435 e. The van der Waals surface area contributed by atoms with Crippen LogP contribution < -0.4 is 15.4 Å². The summed E-state index contributed by atoms with van der Waals surface area (Å²) in [6.45, 7) is -1.20.